The molecule has 150 valence electrons. The van der Waals surface area contributed by atoms with E-state index in [2.05, 4.69) is 20.4 Å². The maximum atomic E-state index is 12.3. The first-order valence-electron chi connectivity index (χ1n) is 9.79. The van der Waals surface area contributed by atoms with Gasteiger partial charge in [0.05, 0.1) is 6.54 Å². The number of hydrogen-bond donors (Lipinski definition) is 1. The third-order valence-electron chi connectivity index (χ3n) is 5.18. The van der Waals surface area contributed by atoms with Crippen LogP contribution in [0, 0.1) is 0 Å². The number of aromatic nitrogens is 2. The number of ether oxygens (including phenoxy) is 2. The highest BCUT2D eigenvalue weighted by Crippen LogP contribution is 2.32. The second kappa shape index (κ2) is 8.18. The number of rotatable bonds is 6. The summed E-state index contributed by atoms with van der Waals surface area (Å²) in [6.07, 6.45) is 1.85. The maximum absolute atomic E-state index is 12.3. The fourth-order valence-electron chi connectivity index (χ4n) is 3.49. The summed E-state index contributed by atoms with van der Waals surface area (Å²) in [5.74, 6) is 3.46. The van der Waals surface area contributed by atoms with Crippen molar-refractivity contribution in [1.82, 2.24) is 20.4 Å². The lowest BCUT2D eigenvalue weighted by molar-refractivity contribution is -0.122. The predicted molar refractivity (Wildman–Crippen MR) is 101 cm³/mol. The van der Waals surface area contributed by atoms with E-state index in [9.17, 15) is 4.79 Å². The lowest BCUT2D eigenvalue weighted by atomic mass is 9.97. The average Bonchev–Trinajstić information content (AvgIpc) is 3.36. The van der Waals surface area contributed by atoms with Crippen LogP contribution in [0.4, 0.5) is 0 Å². The monoisotopic (exact) mass is 386 g/mol. The molecule has 0 spiro atoms. The van der Waals surface area contributed by atoms with Gasteiger partial charge in [0, 0.05) is 18.4 Å². The quantitative estimate of drug-likeness (QED) is 0.815. The predicted octanol–water partition coefficient (Wildman–Crippen LogP) is 2.42. The summed E-state index contributed by atoms with van der Waals surface area (Å²) in [4.78, 5) is 14.5. The minimum Gasteiger partial charge on any atom is -0.454 e. The van der Waals surface area contributed by atoms with Gasteiger partial charge in [-0.1, -0.05) is 19.9 Å². The molecule has 8 nitrogen and oxygen atoms in total. The van der Waals surface area contributed by atoms with Crippen molar-refractivity contribution in [3.63, 3.8) is 0 Å². The van der Waals surface area contributed by atoms with Crippen LogP contribution in [0.15, 0.2) is 22.6 Å². The molecular formula is C20H26N4O4. The Morgan fingerprint density at radius 1 is 1.21 bits per heavy atom. The van der Waals surface area contributed by atoms with E-state index >= 15 is 0 Å². The first-order valence-corrected chi connectivity index (χ1v) is 9.79. The second-order valence-electron chi connectivity index (χ2n) is 7.65. The number of amides is 1. The highest BCUT2D eigenvalue weighted by Gasteiger charge is 2.26. The SMILES string of the molecule is CC(C)c1nnc(C2CCN(CC(=O)NCc3ccc4c(c3)OCO4)CC2)o1. The largest absolute Gasteiger partial charge is 0.454 e. The zero-order valence-electron chi connectivity index (χ0n) is 16.3. The third kappa shape index (κ3) is 4.27. The Balaban J connectivity index is 1.21. The van der Waals surface area contributed by atoms with Crippen LogP contribution >= 0.6 is 0 Å². The number of piperidine rings is 1. The molecule has 1 aromatic heterocycles. The number of carbonyl (C=O) groups excluding carboxylic acids is 1. The first kappa shape index (κ1) is 18.7. The Bertz CT molecular complexity index is 827. The standard InChI is InChI=1S/C20H26N4O4/c1-13(2)19-22-23-20(28-19)15-5-7-24(8-6-15)11-18(25)21-10-14-3-4-16-17(9-14)27-12-26-16/h3-4,9,13,15H,5-8,10-12H2,1-2H3,(H,21,25). The number of nitrogens with one attached hydrogen (secondary N) is 1. The molecule has 0 bridgehead atoms. The molecule has 0 aliphatic carbocycles. The molecule has 2 aliphatic rings. The maximum Gasteiger partial charge on any atom is 0.234 e. The fourth-order valence-corrected chi connectivity index (χ4v) is 3.49. The summed E-state index contributed by atoms with van der Waals surface area (Å²) < 4.78 is 16.5. The van der Waals surface area contributed by atoms with E-state index in [1.54, 1.807) is 0 Å². The van der Waals surface area contributed by atoms with Gasteiger partial charge in [-0.25, -0.2) is 0 Å². The van der Waals surface area contributed by atoms with Crippen molar-refractivity contribution in [1.29, 1.82) is 0 Å². The molecular weight excluding hydrogens is 360 g/mol. The number of nitrogens with zero attached hydrogens (tertiary/aromatic N) is 3. The molecule has 8 heteroatoms. The van der Waals surface area contributed by atoms with Crippen molar-refractivity contribution in [3.05, 3.63) is 35.5 Å². The zero-order valence-corrected chi connectivity index (χ0v) is 16.3. The second-order valence-corrected chi connectivity index (χ2v) is 7.65. The average molecular weight is 386 g/mol. The van der Waals surface area contributed by atoms with Gasteiger partial charge in [-0.2, -0.15) is 0 Å². The van der Waals surface area contributed by atoms with E-state index in [0.29, 0.717) is 19.0 Å². The molecule has 0 saturated carbocycles. The van der Waals surface area contributed by atoms with Crippen LogP contribution in [0.2, 0.25) is 0 Å². The van der Waals surface area contributed by atoms with Gasteiger partial charge in [0.25, 0.3) is 0 Å². The van der Waals surface area contributed by atoms with Gasteiger partial charge in [-0.05, 0) is 43.6 Å². The summed E-state index contributed by atoms with van der Waals surface area (Å²) in [6.45, 7) is 6.92. The minimum atomic E-state index is 0.0241. The van der Waals surface area contributed by atoms with Crippen LogP contribution in [0.5, 0.6) is 11.5 Å². The summed E-state index contributed by atoms with van der Waals surface area (Å²) in [5.41, 5.74) is 0.994. The number of fused-ring (bicyclic) bond motifs is 1. The Kier molecular flexibility index (Phi) is 5.47. The molecule has 2 aliphatic heterocycles. The number of hydrogen-bond acceptors (Lipinski definition) is 7. The van der Waals surface area contributed by atoms with Crippen LogP contribution in [0.1, 0.15) is 55.9 Å². The Labute approximate surface area is 164 Å². The lowest BCUT2D eigenvalue weighted by Gasteiger charge is -2.29. The zero-order chi connectivity index (χ0) is 19.5. The van der Waals surface area contributed by atoms with Crippen molar-refractivity contribution in [2.45, 2.75) is 45.1 Å². The summed E-state index contributed by atoms with van der Waals surface area (Å²) in [6, 6.07) is 5.72. The highest BCUT2D eigenvalue weighted by molar-refractivity contribution is 5.78. The topological polar surface area (TPSA) is 89.7 Å². The van der Waals surface area contributed by atoms with Crippen LogP contribution < -0.4 is 14.8 Å². The molecule has 1 N–H and O–H groups in total. The van der Waals surface area contributed by atoms with E-state index in [4.69, 9.17) is 13.9 Å². The van der Waals surface area contributed by atoms with Gasteiger partial charge in [0.1, 0.15) is 0 Å². The molecule has 1 amide bonds. The smallest absolute Gasteiger partial charge is 0.234 e. The number of carbonyl (C=O) groups is 1. The molecule has 1 saturated heterocycles. The molecule has 0 atom stereocenters. The van der Waals surface area contributed by atoms with Crippen molar-refractivity contribution < 1.29 is 18.7 Å². The van der Waals surface area contributed by atoms with E-state index in [1.807, 2.05) is 32.0 Å². The Morgan fingerprint density at radius 3 is 2.75 bits per heavy atom. The van der Waals surface area contributed by atoms with Gasteiger partial charge in [0.15, 0.2) is 11.5 Å². The number of likely N-dealkylation sites (tertiary alicyclic amines) is 1. The van der Waals surface area contributed by atoms with Crippen molar-refractivity contribution in [2.24, 2.45) is 0 Å². The van der Waals surface area contributed by atoms with Crippen LogP contribution in [-0.4, -0.2) is 47.4 Å². The molecule has 1 aromatic carbocycles. The van der Waals surface area contributed by atoms with E-state index in [0.717, 1.165) is 48.9 Å². The molecule has 4 rings (SSSR count). The highest BCUT2D eigenvalue weighted by atomic mass is 16.7. The Hall–Kier alpha value is -2.61. The molecule has 28 heavy (non-hydrogen) atoms. The van der Waals surface area contributed by atoms with Crippen molar-refractivity contribution >= 4 is 5.91 Å². The lowest BCUT2D eigenvalue weighted by Crippen LogP contribution is -2.41. The van der Waals surface area contributed by atoms with Gasteiger partial charge in [-0.3, -0.25) is 9.69 Å². The first-order chi connectivity index (χ1) is 13.6. The van der Waals surface area contributed by atoms with Gasteiger partial charge >= 0.3 is 0 Å². The minimum absolute atomic E-state index is 0.0241. The molecule has 3 heterocycles. The van der Waals surface area contributed by atoms with Crippen LogP contribution in [0.3, 0.4) is 0 Å². The van der Waals surface area contributed by atoms with Crippen molar-refractivity contribution in [3.8, 4) is 11.5 Å². The van der Waals surface area contributed by atoms with E-state index < -0.39 is 0 Å². The van der Waals surface area contributed by atoms with Crippen LogP contribution in [-0.2, 0) is 11.3 Å². The molecule has 2 aromatic rings. The van der Waals surface area contributed by atoms with E-state index in [1.165, 1.54) is 0 Å². The summed E-state index contributed by atoms with van der Waals surface area (Å²) >= 11 is 0. The summed E-state index contributed by atoms with van der Waals surface area (Å²) in [7, 11) is 0. The van der Waals surface area contributed by atoms with Gasteiger partial charge < -0.3 is 19.2 Å². The molecule has 0 radical (unpaired) electrons. The van der Waals surface area contributed by atoms with Gasteiger partial charge in [0.2, 0.25) is 24.5 Å². The Morgan fingerprint density at radius 2 is 2.00 bits per heavy atom. The fraction of sp³-hybridized carbons (Fsp3) is 0.550. The normalized spacial score (nSPS) is 17.2. The van der Waals surface area contributed by atoms with Gasteiger partial charge in [-0.15, -0.1) is 10.2 Å². The van der Waals surface area contributed by atoms with Crippen molar-refractivity contribution in [2.75, 3.05) is 26.4 Å². The molecule has 1 fully saturated rings. The molecule has 0 unspecified atom stereocenters. The number of benzene rings is 1. The third-order valence-corrected chi connectivity index (χ3v) is 5.18. The van der Waals surface area contributed by atoms with Crippen LogP contribution in [0.25, 0.3) is 0 Å². The van der Waals surface area contributed by atoms with E-state index in [-0.39, 0.29) is 24.5 Å². The summed E-state index contributed by atoms with van der Waals surface area (Å²) in [5, 5.41) is 11.3.